The highest BCUT2D eigenvalue weighted by atomic mass is 32.2. The van der Waals surface area contributed by atoms with E-state index in [1.807, 2.05) is 6.07 Å². The first-order chi connectivity index (χ1) is 13.7. The van der Waals surface area contributed by atoms with Gasteiger partial charge in [-0.15, -0.1) is 0 Å². The van der Waals surface area contributed by atoms with Gasteiger partial charge in [0.2, 0.25) is 15.9 Å². The fourth-order valence-electron chi connectivity index (χ4n) is 2.77. The van der Waals surface area contributed by atoms with Gasteiger partial charge in [-0.1, -0.05) is 6.07 Å². The molecular weight excluding hydrogens is 396 g/mol. The van der Waals surface area contributed by atoms with Crippen molar-refractivity contribution in [2.24, 2.45) is 0 Å². The number of carbonyl (C=O) groups is 1. The Labute approximate surface area is 171 Å². The fourth-order valence-corrected chi connectivity index (χ4v) is 3.63. The molecule has 158 valence electrons. The van der Waals surface area contributed by atoms with Crippen LogP contribution in [0.15, 0.2) is 42.5 Å². The third-order valence-electron chi connectivity index (χ3n) is 4.33. The molecule has 0 saturated heterocycles. The molecule has 2 aromatic carbocycles. The second kappa shape index (κ2) is 9.51. The van der Waals surface area contributed by atoms with Crippen molar-refractivity contribution in [3.63, 3.8) is 0 Å². The smallest absolute Gasteiger partial charge is 0.241 e. The third-order valence-corrected chi connectivity index (χ3v) is 5.47. The molecular formula is C20H26N2O6S. The Morgan fingerprint density at radius 3 is 2.14 bits per heavy atom. The predicted octanol–water partition coefficient (Wildman–Crippen LogP) is 2.36. The lowest BCUT2D eigenvalue weighted by Crippen LogP contribution is -2.41. The molecule has 2 aromatic rings. The van der Waals surface area contributed by atoms with Gasteiger partial charge < -0.3 is 19.5 Å². The number of amides is 1. The zero-order chi connectivity index (χ0) is 21.6. The van der Waals surface area contributed by atoms with Crippen LogP contribution in [0.25, 0.3) is 0 Å². The van der Waals surface area contributed by atoms with E-state index in [4.69, 9.17) is 14.2 Å². The van der Waals surface area contributed by atoms with Crippen LogP contribution >= 0.6 is 0 Å². The number of benzene rings is 2. The van der Waals surface area contributed by atoms with E-state index >= 15 is 0 Å². The number of hydrogen-bond acceptors (Lipinski definition) is 6. The van der Waals surface area contributed by atoms with Crippen LogP contribution in [0.4, 0.5) is 5.69 Å². The Bertz CT molecular complexity index is 944. The second-order valence-corrected chi connectivity index (χ2v) is 8.28. The van der Waals surface area contributed by atoms with Crippen molar-refractivity contribution in [1.29, 1.82) is 0 Å². The van der Waals surface area contributed by atoms with Crippen molar-refractivity contribution in [3.05, 3.63) is 48.0 Å². The molecule has 1 atom stereocenters. The standard InChI is InChI=1S/C20H26N2O6S/c1-14(15-6-11-18(27-3)19(12-15)28-4)21-20(23)13-22(29(5,24)25)16-7-9-17(26-2)10-8-16/h6-12,14H,13H2,1-5H3,(H,21,23)/t14-/m1/s1. The first-order valence-corrected chi connectivity index (χ1v) is 10.7. The van der Waals surface area contributed by atoms with E-state index in [1.165, 1.54) is 14.2 Å². The maximum absolute atomic E-state index is 12.6. The molecule has 0 heterocycles. The van der Waals surface area contributed by atoms with E-state index in [-0.39, 0.29) is 12.6 Å². The molecule has 2 rings (SSSR count). The Morgan fingerprint density at radius 2 is 1.62 bits per heavy atom. The van der Waals surface area contributed by atoms with E-state index in [0.717, 1.165) is 16.1 Å². The van der Waals surface area contributed by atoms with E-state index in [9.17, 15) is 13.2 Å². The van der Waals surface area contributed by atoms with Gasteiger partial charge in [-0.25, -0.2) is 8.42 Å². The Morgan fingerprint density at radius 1 is 1.00 bits per heavy atom. The van der Waals surface area contributed by atoms with Gasteiger partial charge in [0, 0.05) is 0 Å². The lowest BCUT2D eigenvalue weighted by Gasteiger charge is -2.23. The van der Waals surface area contributed by atoms with E-state index < -0.39 is 15.9 Å². The van der Waals surface area contributed by atoms with Gasteiger partial charge in [-0.3, -0.25) is 9.10 Å². The van der Waals surface area contributed by atoms with Crippen LogP contribution in [-0.4, -0.2) is 48.5 Å². The molecule has 1 amide bonds. The van der Waals surface area contributed by atoms with Gasteiger partial charge in [0.15, 0.2) is 11.5 Å². The van der Waals surface area contributed by atoms with Crippen LogP contribution < -0.4 is 23.8 Å². The molecule has 0 radical (unpaired) electrons. The summed E-state index contributed by atoms with van der Waals surface area (Å²) >= 11 is 0. The number of anilines is 1. The monoisotopic (exact) mass is 422 g/mol. The molecule has 0 aliphatic heterocycles. The summed E-state index contributed by atoms with van der Waals surface area (Å²) < 4.78 is 41.1. The van der Waals surface area contributed by atoms with Crippen LogP contribution in [0, 0.1) is 0 Å². The highest BCUT2D eigenvalue weighted by Crippen LogP contribution is 2.30. The van der Waals surface area contributed by atoms with E-state index in [2.05, 4.69) is 5.32 Å². The maximum Gasteiger partial charge on any atom is 0.241 e. The summed E-state index contributed by atoms with van der Waals surface area (Å²) in [5.41, 5.74) is 1.17. The summed E-state index contributed by atoms with van der Waals surface area (Å²) in [6.45, 7) is 1.46. The minimum atomic E-state index is -3.66. The molecule has 8 nitrogen and oxygen atoms in total. The molecule has 0 spiro atoms. The molecule has 0 fully saturated rings. The first kappa shape index (κ1) is 22.4. The molecule has 0 aliphatic carbocycles. The predicted molar refractivity (Wildman–Crippen MR) is 111 cm³/mol. The quantitative estimate of drug-likeness (QED) is 0.667. The summed E-state index contributed by atoms with van der Waals surface area (Å²) in [6.07, 6.45) is 1.06. The van der Waals surface area contributed by atoms with Gasteiger partial charge in [0.1, 0.15) is 12.3 Å². The average Bonchev–Trinajstić information content (AvgIpc) is 2.70. The maximum atomic E-state index is 12.6. The summed E-state index contributed by atoms with van der Waals surface area (Å²) in [5.74, 6) is 1.28. The van der Waals surface area contributed by atoms with Crippen LogP contribution in [0.1, 0.15) is 18.5 Å². The van der Waals surface area contributed by atoms with Crippen LogP contribution in [0.5, 0.6) is 17.2 Å². The fraction of sp³-hybridized carbons (Fsp3) is 0.350. The van der Waals surface area contributed by atoms with Crippen molar-refractivity contribution >= 4 is 21.6 Å². The highest BCUT2D eigenvalue weighted by molar-refractivity contribution is 7.92. The lowest BCUT2D eigenvalue weighted by molar-refractivity contribution is -0.120. The number of ether oxygens (including phenoxy) is 3. The van der Waals surface area contributed by atoms with Gasteiger partial charge in [0.05, 0.1) is 39.3 Å². The molecule has 29 heavy (non-hydrogen) atoms. The Kier molecular flexibility index (Phi) is 7.33. The number of sulfonamides is 1. The van der Waals surface area contributed by atoms with Crippen LogP contribution in [-0.2, 0) is 14.8 Å². The van der Waals surface area contributed by atoms with Crippen molar-refractivity contribution in [1.82, 2.24) is 5.32 Å². The number of rotatable bonds is 9. The van der Waals surface area contributed by atoms with Gasteiger partial charge in [-0.05, 0) is 48.9 Å². The summed E-state index contributed by atoms with van der Waals surface area (Å²) in [7, 11) is 0.937. The minimum Gasteiger partial charge on any atom is -0.497 e. The lowest BCUT2D eigenvalue weighted by atomic mass is 10.1. The highest BCUT2D eigenvalue weighted by Gasteiger charge is 2.22. The molecule has 0 unspecified atom stereocenters. The number of carbonyl (C=O) groups excluding carboxylic acids is 1. The van der Waals surface area contributed by atoms with Crippen molar-refractivity contribution in [2.45, 2.75) is 13.0 Å². The Balaban J connectivity index is 2.15. The van der Waals surface area contributed by atoms with E-state index in [0.29, 0.717) is 22.9 Å². The van der Waals surface area contributed by atoms with Gasteiger partial charge >= 0.3 is 0 Å². The molecule has 0 aliphatic rings. The number of hydrogen-bond donors (Lipinski definition) is 1. The summed E-state index contributed by atoms with van der Waals surface area (Å²) in [6, 6.07) is 11.4. The topological polar surface area (TPSA) is 94.2 Å². The van der Waals surface area contributed by atoms with Crippen molar-refractivity contribution < 1.29 is 27.4 Å². The van der Waals surface area contributed by atoms with Crippen molar-refractivity contribution in [3.8, 4) is 17.2 Å². The summed E-state index contributed by atoms with van der Waals surface area (Å²) in [5, 5.41) is 2.81. The van der Waals surface area contributed by atoms with Gasteiger partial charge in [-0.2, -0.15) is 0 Å². The average molecular weight is 423 g/mol. The van der Waals surface area contributed by atoms with Crippen LogP contribution in [0.2, 0.25) is 0 Å². The number of methoxy groups -OCH3 is 3. The SMILES string of the molecule is COc1ccc(N(CC(=O)N[C@H](C)c2ccc(OC)c(OC)c2)S(C)(=O)=O)cc1. The zero-order valence-electron chi connectivity index (χ0n) is 17.1. The van der Waals surface area contributed by atoms with Crippen molar-refractivity contribution in [2.75, 3.05) is 38.4 Å². The zero-order valence-corrected chi connectivity index (χ0v) is 17.9. The van der Waals surface area contributed by atoms with E-state index in [1.54, 1.807) is 50.4 Å². The third kappa shape index (κ3) is 5.77. The molecule has 0 bridgehead atoms. The van der Waals surface area contributed by atoms with Crippen LogP contribution in [0.3, 0.4) is 0 Å². The molecule has 0 aromatic heterocycles. The molecule has 9 heteroatoms. The largest absolute Gasteiger partial charge is 0.497 e. The number of nitrogens with one attached hydrogen (secondary N) is 1. The second-order valence-electron chi connectivity index (χ2n) is 6.37. The Hall–Kier alpha value is -2.94. The van der Waals surface area contributed by atoms with Gasteiger partial charge in [0.25, 0.3) is 0 Å². The normalized spacial score (nSPS) is 12.0. The first-order valence-electron chi connectivity index (χ1n) is 8.82. The molecule has 0 saturated carbocycles. The minimum absolute atomic E-state index is 0.344. The number of nitrogens with zero attached hydrogens (tertiary/aromatic N) is 1. The molecule has 1 N–H and O–H groups in total. The summed E-state index contributed by atoms with van der Waals surface area (Å²) in [4.78, 5) is 12.6.